The molecule has 6 nitrogen and oxygen atoms in total. The van der Waals surface area contributed by atoms with Crippen molar-refractivity contribution in [2.24, 2.45) is 0 Å². The Kier molecular flexibility index (Phi) is 4.19. The smallest absolute Gasteiger partial charge is 0.274 e. The second-order valence-corrected chi connectivity index (χ2v) is 10.0. The molecule has 0 aliphatic carbocycles. The molecule has 0 N–H and O–H groups in total. The molecule has 0 saturated carbocycles. The van der Waals surface area contributed by atoms with Gasteiger partial charge in [-0.3, -0.25) is 4.31 Å². The normalized spacial score (nSPS) is 13.8. The molecule has 3 aromatic rings. The quantitative estimate of drug-likeness (QED) is 0.667. The zero-order valence-corrected chi connectivity index (χ0v) is 16.1. The third-order valence-corrected chi connectivity index (χ3v) is 8.16. The van der Waals surface area contributed by atoms with E-state index in [0.29, 0.717) is 27.3 Å². The standard InChI is InChI=1S/C17H13N3O3S3/c1-11-2-5-17(24-11)26(21,22)20-6-7-23-14-4-3-12(8-13(14)20)15-10-19-16(9-18)25-15/h2-5,8,10H,6-7H2,1H3. The molecule has 9 heteroatoms. The Morgan fingerprint density at radius 1 is 1.27 bits per heavy atom. The van der Waals surface area contributed by atoms with E-state index in [1.807, 2.05) is 19.1 Å². The number of benzene rings is 1. The number of anilines is 1. The van der Waals surface area contributed by atoms with Gasteiger partial charge in [-0.1, -0.05) is 0 Å². The van der Waals surface area contributed by atoms with E-state index in [1.165, 1.54) is 27.0 Å². The van der Waals surface area contributed by atoms with Crippen molar-refractivity contribution in [3.63, 3.8) is 0 Å². The number of aromatic nitrogens is 1. The summed E-state index contributed by atoms with van der Waals surface area (Å²) in [5.41, 5.74) is 1.31. The van der Waals surface area contributed by atoms with Gasteiger partial charge in [-0.05, 0) is 42.8 Å². The Bertz CT molecular complexity index is 1130. The molecule has 4 rings (SSSR count). The molecular weight excluding hydrogens is 390 g/mol. The van der Waals surface area contributed by atoms with Crippen LogP contribution in [-0.2, 0) is 10.0 Å². The van der Waals surface area contributed by atoms with Crippen LogP contribution < -0.4 is 9.04 Å². The first-order valence-electron chi connectivity index (χ1n) is 7.71. The second-order valence-electron chi connectivity index (χ2n) is 5.61. The number of thiophene rings is 1. The summed E-state index contributed by atoms with van der Waals surface area (Å²) in [6.07, 6.45) is 1.62. The fourth-order valence-electron chi connectivity index (χ4n) is 2.71. The molecule has 0 bridgehead atoms. The molecule has 0 radical (unpaired) electrons. The first-order chi connectivity index (χ1) is 12.5. The summed E-state index contributed by atoms with van der Waals surface area (Å²) >= 11 is 2.52. The van der Waals surface area contributed by atoms with Gasteiger partial charge in [0.2, 0.25) is 0 Å². The number of aryl methyl sites for hydroxylation is 1. The van der Waals surface area contributed by atoms with E-state index in [2.05, 4.69) is 4.98 Å². The molecule has 0 amide bonds. The Balaban J connectivity index is 1.80. The van der Waals surface area contributed by atoms with E-state index >= 15 is 0 Å². The highest BCUT2D eigenvalue weighted by atomic mass is 32.2. The highest BCUT2D eigenvalue weighted by Gasteiger charge is 2.31. The number of ether oxygens (including phenoxy) is 1. The fraction of sp³-hybridized carbons (Fsp3) is 0.176. The lowest BCUT2D eigenvalue weighted by atomic mass is 10.1. The SMILES string of the molecule is Cc1ccc(S(=O)(=O)N2CCOc3ccc(-c4cnc(C#N)s4)cc32)s1. The molecule has 1 aromatic carbocycles. The highest BCUT2D eigenvalue weighted by Crippen LogP contribution is 2.40. The van der Waals surface area contributed by atoms with Crippen molar-refractivity contribution in [1.82, 2.24) is 4.98 Å². The Morgan fingerprint density at radius 2 is 2.12 bits per heavy atom. The Hall–Kier alpha value is -2.41. The molecule has 0 atom stereocenters. The molecule has 3 heterocycles. The summed E-state index contributed by atoms with van der Waals surface area (Å²) < 4.78 is 33.5. The predicted octanol–water partition coefficient (Wildman–Crippen LogP) is 3.64. The van der Waals surface area contributed by atoms with Crippen molar-refractivity contribution in [1.29, 1.82) is 5.26 Å². The summed E-state index contributed by atoms with van der Waals surface area (Å²) in [4.78, 5) is 5.79. The van der Waals surface area contributed by atoms with Crippen molar-refractivity contribution in [3.05, 3.63) is 46.4 Å². The van der Waals surface area contributed by atoms with E-state index < -0.39 is 10.0 Å². The number of nitrogens with zero attached hydrogens (tertiary/aromatic N) is 3. The Morgan fingerprint density at radius 3 is 2.81 bits per heavy atom. The van der Waals surface area contributed by atoms with E-state index in [4.69, 9.17) is 10.00 Å². The van der Waals surface area contributed by atoms with Crippen LogP contribution in [0, 0.1) is 18.3 Å². The average Bonchev–Trinajstić information content (AvgIpc) is 3.30. The third kappa shape index (κ3) is 2.86. The van der Waals surface area contributed by atoms with Gasteiger partial charge in [0, 0.05) is 11.1 Å². The summed E-state index contributed by atoms with van der Waals surface area (Å²) in [6.45, 7) is 2.43. The summed E-state index contributed by atoms with van der Waals surface area (Å²) in [6, 6.07) is 10.8. The molecule has 132 valence electrons. The van der Waals surface area contributed by atoms with Gasteiger partial charge in [0.1, 0.15) is 22.6 Å². The fourth-order valence-corrected chi connectivity index (χ4v) is 6.27. The highest BCUT2D eigenvalue weighted by molar-refractivity contribution is 7.94. The minimum Gasteiger partial charge on any atom is -0.489 e. The molecule has 1 aliphatic rings. The molecule has 0 spiro atoms. The van der Waals surface area contributed by atoms with Crippen LogP contribution in [0.25, 0.3) is 10.4 Å². The summed E-state index contributed by atoms with van der Waals surface area (Å²) in [5, 5.41) is 9.33. The van der Waals surface area contributed by atoms with Crippen molar-refractivity contribution in [2.75, 3.05) is 17.5 Å². The number of fused-ring (bicyclic) bond motifs is 1. The van der Waals surface area contributed by atoms with E-state index in [-0.39, 0.29) is 6.54 Å². The lowest BCUT2D eigenvalue weighted by Crippen LogP contribution is -2.37. The first kappa shape index (κ1) is 17.0. The topological polar surface area (TPSA) is 83.3 Å². The van der Waals surface area contributed by atoms with Crippen molar-refractivity contribution in [2.45, 2.75) is 11.1 Å². The van der Waals surface area contributed by atoms with E-state index in [0.717, 1.165) is 15.3 Å². The van der Waals surface area contributed by atoms with Crippen molar-refractivity contribution >= 4 is 38.4 Å². The van der Waals surface area contributed by atoms with Crippen LogP contribution in [0.2, 0.25) is 0 Å². The van der Waals surface area contributed by atoms with Crippen molar-refractivity contribution in [3.8, 4) is 22.3 Å². The molecule has 1 aliphatic heterocycles. The van der Waals surface area contributed by atoms with Crippen LogP contribution in [0.3, 0.4) is 0 Å². The van der Waals surface area contributed by atoms with Crippen LogP contribution in [0.15, 0.2) is 40.7 Å². The molecule has 0 fully saturated rings. The Labute approximate surface area is 159 Å². The second kappa shape index (κ2) is 6.39. The average molecular weight is 404 g/mol. The van der Waals surface area contributed by atoms with Gasteiger partial charge in [0.25, 0.3) is 10.0 Å². The minimum absolute atomic E-state index is 0.252. The van der Waals surface area contributed by atoms with Gasteiger partial charge in [-0.15, -0.1) is 22.7 Å². The maximum atomic E-state index is 13.1. The van der Waals surface area contributed by atoms with Gasteiger partial charge in [-0.25, -0.2) is 13.4 Å². The van der Waals surface area contributed by atoms with Crippen LogP contribution >= 0.6 is 22.7 Å². The zero-order chi connectivity index (χ0) is 18.3. The number of thiazole rings is 1. The number of rotatable bonds is 3. The van der Waals surface area contributed by atoms with Gasteiger partial charge in [0.05, 0.1) is 17.1 Å². The maximum Gasteiger partial charge on any atom is 0.274 e. The zero-order valence-electron chi connectivity index (χ0n) is 13.7. The predicted molar refractivity (Wildman–Crippen MR) is 101 cm³/mol. The molecule has 0 saturated heterocycles. The summed E-state index contributed by atoms with van der Waals surface area (Å²) in [5.74, 6) is 0.530. The van der Waals surface area contributed by atoms with E-state index in [9.17, 15) is 8.42 Å². The van der Waals surface area contributed by atoms with E-state index in [1.54, 1.807) is 30.5 Å². The van der Waals surface area contributed by atoms with Gasteiger partial charge in [0.15, 0.2) is 5.01 Å². The van der Waals surface area contributed by atoms with Crippen LogP contribution in [-0.4, -0.2) is 26.6 Å². The van der Waals surface area contributed by atoms with Gasteiger partial charge >= 0.3 is 0 Å². The lowest BCUT2D eigenvalue weighted by molar-refractivity contribution is 0.316. The molecular formula is C17H13N3O3S3. The number of sulfonamides is 1. The third-order valence-electron chi connectivity index (χ3n) is 3.93. The molecule has 2 aromatic heterocycles. The van der Waals surface area contributed by atoms with Crippen molar-refractivity contribution < 1.29 is 13.2 Å². The number of hydrogen-bond acceptors (Lipinski definition) is 7. The largest absolute Gasteiger partial charge is 0.489 e. The molecule has 0 unspecified atom stereocenters. The van der Waals surface area contributed by atoms with Crippen LogP contribution in [0.1, 0.15) is 9.88 Å². The number of hydrogen-bond donors (Lipinski definition) is 0. The summed E-state index contributed by atoms with van der Waals surface area (Å²) in [7, 11) is -3.65. The van der Waals surface area contributed by atoms with Crippen LogP contribution in [0.5, 0.6) is 5.75 Å². The van der Waals surface area contributed by atoms with Gasteiger partial charge in [-0.2, -0.15) is 5.26 Å². The minimum atomic E-state index is -3.65. The lowest BCUT2D eigenvalue weighted by Gasteiger charge is -2.30. The maximum absolute atomic E-state index is 13.1. The van der Waals surface area contributed by atoms with Gasteiger partial charge < -0.3 is 4.74 Å². The first-order valence-corrected chi connectivity index (χ1v) is 10.8. The molecule has 26 heavy (non-hydrogen) atoms. The number of nitriles is 1. The monoisotopic (exact) mass is 403 g/mol. The van der Waals surface area contributed by atoms with Crippen LogP contribution in [0.4, 0.5) is 5.69 Å².